The fraction of sp³-hybridized carbons (Fsp3) is 0.235. The molecule has 2 heterocycles. The highest BCUT2D eigenvalue weighted by molar-refractivity contribution is 6.39. The van der Waals surface area contributed by atoms with Gasteiger partial charge in [0.1, 0.15) is 37.0 Å². The summed E-state index contributed by atoms with van der Waals surface area (Å²) in [6.45, 7) is 2.30. The molecular weight excluding hydrogens is 584 g/mol. The predicted octanol–water partition coefficient (Wildman–Crippen LogP) is 5.55. The lowest BCUT2D eigenvalue weighted by Gasteiger charge is -2.17. The molecule has 1 aliphatic carbocycles. The molecule has 0 spiro atoms. The van der Waals surface area contributed by atoms with E-state index in [0.29, 0.717) is 91.0 Å². The minimum absolute atomic E-state index is 0.0320. The molecule has 0 saturated heterocycles. The van der Waals surface area contributed by atoms with Crippen LogP contribution in [0.3, 0.4) is 0 Å². The van der Waals surface area contributed by atoms with Crippen LogP contribution in [0.4, 0.5) is 20.3 Å². The summed E-state index contributed by atoms with van der Waals surface area (Å²) >= 11 is 0. The standard InChI is InChI=1S/C34H29F2N3O6/c35-23-7-5-22(6-8-23)24-2-1-3-25(33(24)41)30(40)17-21-4-9-28(27(36)16-21)39-34-26-18-31-32(19-29(26)37-20-38-34)45-15-13-43-11-10-42-12-14-44-31/h2-9,16,18-20H,1,10-15,17H2,(H,37,38,39). The highest BCUT2D eigenvalue weighted by Crippen LogP contribution is 2.35. The molecule has 11 heteroatoms. The Kier molecular flexibility index (Phi) is 9.18. The molecule has 0 fully saturated rings. The summed E-state index contributed by atoms with van der Waals surface area (Å²) in [6, 6.07) is 13.4. The number of nitrogens with zero attached hydrogens (tertiary/aromatic N) is 2. The van der Waals surface area contributed by atoms with E-state index in [2.05, 4.69) is 15.3 Å². The number of halogens is 2. The zero-order valence-corrected chi connectivity index (χ0v) is 24.2. The minimum atomic E-state index is -0.606. The van der Waals surface area contributed by atoms with Gasteiger partial charge in [0.2, 0.25) is 0 Å². The summed E-state index contributed by atoms with van der Waals surface area (Å²) in [5.74, 6) is -0.593. The van der Waals surface area contributed by atoms with Crippen LogP contribution in [0, 0.1) is 11.6 Å². The number of rotatable bonds is 6. The summed E-state index contributed by atoms with van der Waals surface area (Å²) in [5.41, 5.74) is 2.00. The van der Waals surface area contributed by atoms with Gasteiger partial charge in [0.25, 0.3) is 0 Å². The van der Waals surface area contributed by atoms with Crippen molar-refractivity contribution in [2.45, 2.75) is 12.8 Å². The number of allylic oxidation sites excluding steroid dienone is 4. The Hall–Kier alpha value is -5.00. The molecule has 0 radical (unpaired) electrons. The number of benzene rings is 3. The second-order valence-electron chi connectivity index (χ2n) is 10.3. The Morgan fingerprint density at radius 1 is 0.822 bits per heavy atom. The zero-order chi connectivity index (χ0) is 31.2. The first-order valence-electron chi connectivity index (χ1n) is 14.5. The summed E-state index contributed by atoms with van der Waals surface area (Å²) < 4.78 is 51.5. The monoisotopic (exact) mass is 613 g/mol. The van der Waals surface area contributed by atoms with Crippen LogP contribution in [-0.2, 0) is 25.5 Å². The molecule has 4 aromatic rings. The van der Waals surface area contributed by atoms with Crippen molar-refractivity contribution in [3.05, 3.63) is 101 Å². The molecular formula is C34H29F2N3O6. The maximum Gasteiger partial charge on any atom is 0.196 e. The average Bonchev–Trinajstić information content (AvgIpc) is 3.03. The van der Waals surface area contributed by atoms with E-state index in [1.54, 1.807) is 30.4 Å². The molecule has 3 aromatic carbocycles. The van der Waals surface area contributed by atoms with Crippen molar-refractivity contribution in [3.8, 4) is 11.5 Å². The highest BCUT2D eigenvalue weighted by atomic mass is 19.1. The molecule has 1 N–H and O–H groups in total. The highest BCUT2D eigenvalue weighted by Gasteiger charge is 2.25. The first kappa shape index (κ1) is 30.0. The van der Waals surface area contributed by atoms with Crippen molar-refractivity contribution < 1.29 is 37.3 Å². The van der Waals surface area contributed by atoms with Crippen LogP contribution < -0.4 is 14.8 Å². The van der Waals surface area contributed by atoms with Gasteiger partial charge in [-0.2, -0.15) is 0 Å². The first-order chi connectivity index (χ1) is 22.0. The van der Waals surface area contributed by atoms with Gasteiger partial charge in [-0.15, -0.1) is 0 Å². The quantitative estimate of drug-likeness (QED) is 0.280. The van der Waals surface area contributed by atoms with Crippen LogP contribution in [0.5, 0.6) is 11.5 Å². The molecule has 2 aliphatic rings. The van der Waals surface area contributed by atoms with Crippen LogP contribution in [0.2, 0.25) is 0 Å². The van der Waals surface area contributed by atoms with Gasteiger partial charge in [-0.1, -0.05) is 30.4 Å². The number of nitrogens with one attached hydrogen (secondary N) is 1. The van der Waals surface area contributed by atoms with Crippen molar-refractivity contribution in [2.75, 3.05) is 45.0 Å². The van der Waals surface area contributed by atoms with Gasteiger partial charge < -0.3 is 24.3 Å². The lowest BCUT2D eigenvalue weighted by Crippen LogP contribution is -2.18. The van der Waals surface area contributed by atoms with Crippen LogP contribution >= 0.6 is 0 Å². The van der Waals surface area contributed by atoms with Crippen LogP contribution in [-0.4, -0.2) is 61.2 Å². The van der Waals surface area contributed by atoms with Crippen molar-refractivity contribution in [1.29, 1.82) is 0 Å². The second kappa shape index (κ2) is 13.7. The number of hydrogen-bond donors (Lipinski definition) is 1. The van der Waals surface area contributed by atoms with E-state index in [-0.39, 0.29) is 17.7 Å². The summed E-state index contributed by atoms with van der Waals surface area (Å²) in [5, 5.41) is 3.60. The van der Waals surface area contributed by atoms with E-state index in [4.69, 9.17) is 18.9 Å². The van der Waals surface area contributed by atoms with Gasteiger partial charge in [-0.05, 0) is 47.9 Å². The largest absolute Gasteiger partial charge is 0.487 e. The molecule has 6 rings (SSSR count). The maximum atomic E-state index is 15.3. The summed E-state index contributed by atoms with van der Waals surface area (Å²) in [4.78, 5) is 34.9. The fourth-order valence-corrected chi connectivity index (χ4v) is 5.05. The van der Waals surface area contributed by atoms with Gasteiger partial charge in [0, 0.05) is 23.4 Å². The number of hydrogen-bond acceptors (Lipinski definition) is 9. The number of anilines is 2. The van der Waals surface area contributed by atoms with Gasteiger partial charge in [0.05, 0.1) is 43.2 Å². The number of carbonyl (C=O) groups excluding carboxylic acids is 2. The molecule has 9 nitrogen and oxygen atoms in total. The van der Waals surface area contributed by atoms with Crippen molar-refractivity contribution in [2.24, 2.45) is 0 Å². The SMILES string of the molecule is O=C(Cc1ccc(Nc2ncnc3cc4c(cc23)OCCOCCOCCO4)c(F)c1)C1=CCC=C(c2ccc(F)cc2)C1=O. The number of ketones is 2. The number of Topliss-reactive ketones (excluding diaryl/α,β-unsaturated/α-hetero) is 2. The van der Waals surface area contributed by atoms with E-state index in [1.807, 2.05) is 0 Å². The molecule has 0 amide bonds. The number of aromatic nitrogens is 2. The molecule has 0 bridgehead atoms. The zero-order valence-electron chi connectivity index (χ0n) is 24.2. The summed E-state index contributed by atoms with van der Waals surface area (Å²) in [6.07, 6.45) is 4.84. The van der Waals surface area contributed by atoms with E-state index < -0.39 is 23.2 Å². The van der Waals surface area contributed by atoms with Gasteiger partial charge in [0.15, 0.2) is 23.1 Å². The Labute approximate surface area is 257 Å². The Morgan fingerprint density at radius 2 is 1.53 bits per heavy atom. The molecule has 230 valence electrons. The number of ether oxygens (including phenoxy) is 4. The van der Waals surface area contributed by atoms with E-state index in [1.165, 1.54) is 42.7 Å². The first-order valence-corrected chi connectivity index (χ1v) is 14.5. The Balaban J connectivity index is 1.17. The van der Waals surface area contributed by atoms with Crippen molar-refractivity contribution >= 4 is 39.5 Å². The molecule has 1 aliphatic heterocycles. The van der Waals surface area contributed by atoms with Crippen LogP contribution in [0.15, 0.2) is 78.6 Å². The topological polar surface area (TPSA) is 109 Å². The Morgan fingerprint density at radius 3 is 2.27 bits per heavy atom. The summed E-state index contributed by atoms with van der Waals surface area (Å²) in [7, 11) is 0. The molecule has 0 saturated carbocycles. The van der Waals surface area contributed by atoms with E-state index in [9.17, 15) is 14.0 Å². The third kappa shape index (κ3) is 7.05. The molecule has 0 unspecified atom stereocenters. The smallest absolute Gasteiger partial charge is 0.196 e. The average molecular weight is 614 g/mol. The van der Waals surface area contributed by atoms with Crippen molar-refractivity contribution in [3.63, 3.8) is 0 Å². The third-order valence-corrected chi connectivity index (χ3v) is 7.28. The second-order valence-corrected chi connectivity index (χ2v) is 10.3. The van der Waals surface area contributed by atoms with Crippen LogP contribution in [0.25, 0.3) is 16.5 Å². The Bertz CT molecular complexity index is 1810. The normalized spacial score (nSPS) is 15.8. The molecule has 45 heavy (non-hydrogen) atoms. The lowest BCUT2D eigenvalue weighted by atomic mass is 9.88. The minimum Gasteiger partial charge on any atom is -0.487 e. The third-order valence-electron chi connectivity index (χ3n) is 7.28. The predicted molar refractivity (Wildman–Crippen MR) is 163 cm³/mol. The fourth-order valence-electron chi connectivity index (χ4n) is 5.05. The van der Waals surface area contributed by atoms with Crippen molar-refractivity contribution in [1.82, 2.24) is 9.97 Å². The molecule has 1 aromatic heterocycles. The van der Waals surface area contributed by atoms with E-state index in [0.717, 1.165) is 0 Å². The van der Waals surface area contributed by atoms with Gasteiger partial charge >= 0.3 is 0 Å². The molecule has 0 atom stereocenters. The number of fused-ring (bicyclic) bond motifs is 2. The van der Waals surface area contributed by atoms with Crippen LogP contribution in [0.1, 0.15) is 17.5 Å². The lowest BCUT2D eigenvalue weighted by molar-refractivity contribution is -0.118. The van der Waals surface area contributed by atoms with Gasteiger partial charge in [-0.25, -0.2) is 18.7 Å². The maximum absolute atomic E-state index is 15.3. The van der Waals surface area contributed by atoms with Gasteiger partial charge in [-0.3, -0.25) is 9.59 Å². The number of carbonyl (C=O) groups is 2. The van der Waals surface area contributed by atoms with E-state index >= 15 is 4.39 Å².